The number of aromatic amines is 1. The van der Waals surface area contributed by atoms with E-state index in [2.05, 4.69) is 25.6 Å². The van der Waals surface area contributed by atoms with Crippen LogP contribution < -0.4 is 16.2 Å². The molecular formula is C25H26ClN7O4S. The maximum absolute atomic E-state index is 13.3. The first-order valence-corrected chi connectivity index (χ1v) is 14.1. The number of halogens is 1. The van der Waals surface area contributed by atoms with Crippen molar-refractivity contribution in [3.8, 4) is 0 Å². The summed E-state index contributed by atoms with van der Waals surface area (Å²) in [5.74, 6) is -0.622. The highest BCUT2D eigenvalue weighted by Gasteiger charge is 2.38. The average Bonchev–Trinajstić information content (AvgIpc) is 3.54. The van der Waals surface area contributed by atoms with E-state index in [0.717, 1.165) is 33.0 Å². The van der Waals surface area contributed by atoms with Gasteiger partial charge >= 0.3 is 0 Å². The molecule has 0 bridgehead atoms. The lowest BCUT2D eigenvalue weighted by atomic mass is 9.94. The summed E-state index contributed by atoms with van der Waals surface area (Å²) < 4.78 is 27.0. The number of fused-ring (bicyclic) bond motifs is 1. The molecule has 3 aromatic heterocycles. The summed E-state index contributed by atoms with van der Waals surface area (Å²) >= 11 is 6.23. The lowest BCUT2D eigenvalue weighted by Crippen LogP contribution is -2.37. The number of pyridine rings is 1. The number of anilines is 1. The largest absolute Gasteiger partial charge is 0.361 e. The van der Waals surface area contributed by atoms with E-state index in [1.54, 1.807) is 12.4 Å². The number of sulfonamides is 1. The SMILES string of the molecule is CS(=O)(=O)N1CC(Nc2ncc(Cl)n(CC(=O)NCc3cnc4[nH]ccc4c3)c2=O)[C@H](c2ccccc2)C1. The maximum atomic E-state index is 13.3. The number of hydrogen-bond donors (Lipinski definition) is 3. The van der Waals surface area contributed by atoms with Crippen molar-refractivity contribution >= 4 is 44.4 Å². The van der Waals surface area contributed by atoms with E-state index in [1.165, 1.54) is 10.5 Å². The van der Waals surface area contributed by atoms with Crippen LogP contribution in [0, 0.1) is 0 Å². The highest BCUT2D eigenvalue weighted by molar-refractivity contribution is 7.88. The number of carbonyl (C=O) groups is 1. The monoisotopic (exact) mass is 555 g/mol. The highest BCUT2D eigenvalue weighted by Crippen LogP contribution is 2.30. The zero-order valence-electron chi connectivity index (χ0n) is 20.5. The Labute approximate surface area is 223 Å². The lowest BCUT2D eigenvalue weighted by Gasteiger charge is -2.21. The number of aromatic nitrogens is 4. The van der Waals surface area contributed by atoms with Gasteiger partial charge in [-0.2, -0.15) is 4.31 Å². The molecule has 1 saturated heterocycles. The van der Waals surface area contributed by atoms with Gasteiger partial charge in [0.05, 0.1) is 12.5 Å². The molecule has 0 radical (unpaired) electrons. The Morgan fingerprint density at radius 1 is 1.16 bits per heavy atom. The minimum Gasteiger partial charge on any atom is -0.361 e. The van der Waals surface area contributed by atoms with E-state index >= 15 is 0 Å². The maximum Gasteiger partial charge on any atom is 0.294 e. The van der Waals surface area contributed by atoms with E-state index in [0.29, 0.717) is 0 Å². The number of nitrogens with zero attached hydrogens (tertiary/aromatic N) is 4. The smallest absolute Gasteiger partial charge is 0.294 e. The van der Waals surface area contributed by atoms with Gasteiger partial charge in [-0.3, -0.25) is 14.2 Å². The number of hydrogen-bond acceptors (Lipinski definition) is 7. The Bertz CT molecular complexity index is 1640. The molecule has 198 valence electrons. The third-order valence-corrected chi connectivity index (χ3v) is 8.10. The first-order chi connectivity index (χ1) is 18.2. The van der Waals surface area contributed by atoms with Gasteiger partial charge in [0.2, 0.25) is 15.9 Å². The summed E-state index contributed by atoms with van der Waals surface area (Å²) in [6, 6.07) is 12.9. The van der Waals surface area contributed by atoms with Crippen LogP contribution in [0.3, 0.4) is 0 Å². The van der Waals surface area contributed by atoms with Crippen molar-refractivity contribution in [3.63, 3.8) is 0 Å². The second-order valence-electron chi connectivity index (χ2n) is 9.20. The van der Waals surface area contributed by atoms with Crippen LogP contribution in [0.5, 0.6) is 0 Å². The minimum atomic E-state index is -3.44. The number of rotatable bonds is 8. The molecule has 13 heteroatoms. The van der Waals surface area contributed by atoms with E-state index in [4.69, 9.17) is 11.6 Å². The van der Waals surface area contributed by atoms with E-state index in [9.17, 15) is 18.0 Å². The van der Waals surface area contributed by atoms with Gasteiger partial charge in [0.15, 0.2) is 5.82 Å². The molecule has 0 aliphatic carbocycles. The second-order valence-corrected chi connectivity index (χ2v) is 11.6. The van der Waals surface area contributed by atoms with Crippen LogP contribution in [-0.2, 0) is 27.9 Å². The summed E-state index contributed by atoms with van der Waals surface area (Å²) in [7, 11) is -3.44. The van der Waals surface area contributed by atoms with Crippen molar-refractivity contribution in [2.24, 2.45) is 0 Å². The molecule has 11 nitrogen and oxygen atoms in total. The van der Waals surface area contributed by atoms with Crippen LogP contribution in [-0.4, -0.2) is 63.5 Å². The molecule has 1 aliphatic rings. The number of carbonyl (C=O) groups excluding carboxylic acids is 1. The molecule has 1 amide bonds. The van der Waals surface area contributed by atoms with E-state index < -0.39 is 27.5 Å². The van der Waals surface area contributed by atoms with Crippen molar-refractivity contribution in [2.45, 2.75) is 25.0 Å². The molecule has 4 heterocycles. The van der Waals surface area contributed by atoms with E-state index in [-0.39, 0.29) is 43.1 Å². The topological polar surface area (TPSA) is 142 Å². The Balaban J connectivity index is 1.32. The average molecular weight is 556 g/mol. The van der Waals surface area contributed by atoms with Crippen LogP contribution in [0.25, 0.3) is 11.0 Å². The van der Waals surface area contributed by atoms with Crippen LogP contribution in [0.2, 0.25) is 5.15 Å². The summed E-state index contributed by atoms with van der Waals surface area (Å²) in [5, 5.41) is 6.84. The fraction of sp³-hybridized carbons (Fsp3) is 0.280. The normalized spacial score (nSPS) is 18.1. The molecule has 0 spiro atoms. The predicted molar refractivity (Wildman–Crippen MR) is 144 cm³/mol. The summed E-state index contributed by atoms with van der Waals surface area (Å²) in [6.45, 7) is 0.366. The van der Waals surface area contributed by atoms with Crippen molar-refractivity contribution in [1.82, 2.24) is 29.1 Å². The number of H-pyrrole nitrogens is 1. The quantitative estimate of drug-likeness (QED) is 0.301. The second kappa shape index (κ2) is 10.6. The molecule has 1 fully saturated rings. The molecule has 0 saturated carbocycles. The molecule has 4 aromatic rings. The fourth-order valence-corrected chi connectivity index (χ4v) is 5.64. The van der Waals surface area contributed by atoms with Gasteiger partial charge in [-0.1, -0.05) is 41.9 Å². The first-order valence-electron chi connectivity index (χ1n) is 11.9. The first kappa shape index (κ1) is 25.9. The van der Waals surface area contributed by atoms with Gasteiger partial charge in [0, 0.05) is 49.4 Å². The third-order valence-electron chi connectivity index (χ3n) is 6.56. The molecule has 1 aromatic carbocycles. The van der Waals surface area contributed by atoms with Gasteiger partial charge in [-0.15, -0.1) is 0 Å². The van der Waals surface area contributed by atoms with Crippen LogP contribution in [0.15, 0.2) is 65.8 Å². The molecule has 38 heavy (non-hydrogen) atoms. The molecular weight excluding hydrogens is 530 g/mol. The molecule has 1 unspecified atom stereocenters. The Hall–Kier alpha value is -3.74. The molecule has 3 N–H and O–H groups in total. The zero-order chi connectivity index (χ0) is 26.9. The number of nitrogens with one attached hydrogen (secondary N) is 3. The van der Waals surface area contributed by atoms with Gasteiger partial charge in [0.25, 0.3) is 5.56 Å². The van der Waals surface area contributed by atoms with E-state index in [1.807, 2.05) is 42.5 Å². The lowest BCUT2D eigenvalue weighted by molar-refractivity contribution is -0.121. The summed E-state index contributed by atoms with van der Waals surface area (Å²) in [5.41, 5.74) is 1.93. The fourth-order valence-electron chi connectivity index (χ4n) is 4.59. The number of benzene rings is 1. The van der Waals surface area contributed by atoms with Crippen LogP contribution >= 0.6 is 11.6 Å². The van der Waals surface area contributed by atoms with Crippen LogP contribution in [0.1, 0.15) is 17.0 Å². The van der Waals surface area contributed by atoms with Crippen LogP contribution in [0.4, 0.5) is 5.82 Å². The number of amides is 1. The molecule has 5 rings (SSSR count). The van der Waals surface area contributed by atoms with Gasteiger partial charge in [0.1, 0.15) is 17.3 Å². The Morgan fingerprint density at radius 3 is 2.71 bits per heavy atom. The van der Waals surface area contributed by atoms with Gasteiger partial charge in [-0.25, -0.2) is 18.4 Å². The highest BCUT2D eigenvalue weighted by atomic mass is 35.5. The summed E-state index contributed by atoms with van der Waals surface area (Å²) in [4.78, 5) is 37.4. The van der Waals surface area contributed by atoms with Crippen molar-refractivity contribution in [3.05, 3.63) is 87.7 Å². The van der Waals surface area contributed by atoms with Crippen molar-refractivity contribution in [2.75, 3.05) is 24.7 Å². The standard InChI is InChI=1S/C25H26ClN7O4S/c1-38(36,37)32-13-19(17-5-3-2-4-6-17)20(14-32)31-24-25(35)33(21(26)12-30-24)15-22(34)28-10-16-9-18-7-8-27-23(18)29-11-16/h2-9,11-12,19-20H,10,13-15H2,1H3,(H,27,29)(H,28,34)(H,30,31)/t19-,20?/m0/s1. The van der Waals surface area contributed by atoms with Crippen molar-refractivity contribution in [1.29, 1.82) is 0 Å². The Kier molecular flexibility index (Phi) is 7.19. The predicted octanol–water partition coefficient (Wildman–Crippen LogP) is 1.93. The molecule has 1 aliphatic heterocycles. The van der Waals surface area contributed by atoms with Gasteiger partial charge < -0.3 is 15.6 Å². The third kappa shape index (κ3) is 5.57. The van der Waals surface area contributed by atoms with Crippen molar-refractivity contribution < 1.29 is 13.2 Å². The summed E-state index contributed by atoms with van der Waals surface area (Å²) in [6.07, 6.45) is 5.91. The molecule has 2 atom stereocenters. The Morgan fingerprint density at radius 2 is 1.95 bits per heavy atom. The van der Waals surface area contributed by atoms with Gasteiger partial charge in [-0.05, 0) is 23.3 Å². The zero-order valence-corrected chi connectivity index (χ0v) is 22.0. The minimum absolute atomic E-state index is 0.00871.